The molecule has 0 aliphatic carbocycles. The van der Waals surface area contributed by atoms with Crippen LogP contribution in [0, 0.1) is 0 Å². The molecule has 0 N–H and O–H groups in total. The van der Waals surface area contributed by atoms with Crippen LogP contribution in [0.3, 0.4) is 0 Å². The monoisotopic (exact) mass is 668 g/mol. The van der Waals surface area contributed by atoms with Gasteiger partial charge < -0.3 is 5.53 Å². The first kappa shape index (κ1) is 39.9. The quantitative estimate of drug-likeness (QED) is 0.0677. The van der Waals surface area contributed by atoms with E-state index in [4.69, 9.17) is 0 Å². The molecule has 2 aromatic carbocycles. The van der Waals surface area contributed by atoms with Crippen molar-refractivity contribution in [1.82, 2.24) is 0 Å². The fraction of sp³-hybridized carbons (Fsp3) is 0.581. The minimum atomic E-state index is 0.930. The third-order valence-corrected chi connectivity index (χ3v) is 9.81. The molecule has 1 aliphatic heterocycles. The van der Waals surface area contributed by atoms with Crippen molar-refractivity contribution in [3.8, 4) is 0 Å². The Hall–Kier alpha value is -2.25. The number of hydrogen-bond acceptors (Lipinski definition) is 0. The molecular formula is C43H66N2Ni. The summed E-state index contributed by atoms with van der Waals surface area (Å²) in [5, 5.41) is 2.56. The summed E-state index contributed by atoms with van der Waals surface area (Å²) in [4.78, 5) is 0. The molecule has 0 bridgehead atoms. The number of allylic oxidation sites excluding steroid dienone is 4. The Kier molecular flexibility index (Phi) is 21.6. The van der Waals surface area contributed by atoms with E-state index >= 15 is 0 Å². The summed E-state index contributed by atoms with van der Waals surface area (Å²) in [6, 6.07) is 17.8. The Morgan fingerprint density at radius 3 is 1.59 bits per heavy atom. The topological polar surface area (TPSA) is 25.3 Å². The maximum atomic E-state index is 11.9. The van der Waals surface area contributed by atoms with Crippen molar-refractivity contribution in [2.45, 2.75) is 161 Å². The average Bonchev–Trinajstić information content (AvgIpc) is 3.35. The summed E-state index contributed by atoms with van der Waals surface area (Å²) in [6.07, 6.45) is 25.3. The molecule has 1 aliphatic rings. The summed E-state index contributed by atoms with van der Waals surface area (Å²) in [5.74, 6) is 0. The van der Waals surface area contributed by atoms with Gasteiger partial charge in [0.15, 0.2) is 0 Å². The summed E-state index contributed by atoms with van der Waals surface area (Å²) in [5.41, 5.74) is 21.2. The van der Waals surface area contributed by atoms with E-state index in [1.165, 1.54) is 115 Å². The number of nitrogens with zero attached hydrogens (tertiary/aromatic N) is 2. The van der Waals surface area contributed by atoms with Crippen LogP contribution >= 0.6 is 0 Å². The SMILES string of the molecule is CCCCCCCC=CC1=C(c2ccc(CC)cc2)[N+](=[N-])C(c2ccc(CCCCCC)cc2)=C1CCCCCC.C[CH2][Ni][CH2]C. The van der Waals surface area contributed by atoms with Crippen LogP contribution in [0.15, 0.2) is 71.8 Å². The summed E-state index contributed by atoms with van der Waals surface area (Å²) in [6.45, 7) is 13.4. The van der Waals surface area contributed by atoms with Crippen molar-refractivity contribution in [3.05, 3.63) is 99.6 Å². The van der Waals surface area contributed by atoms with E-state index < -0.39 is 0 Å². The first-order valence-corrected chi connectivity index (χ1v) is 20.2. The molecule has 2 nitrogen and oxygen atoms in total. The fourth-order valence-electron chi connectivity index (χ4n) is 6.07. The van der Waals surface area contributed by atoms with Crippen molar-refractivity contribution in [2.24, 2.45) is 0 Å². The third kappa shape index (κ3) is 13.9. The normalized spacial score (nSPS) is 13.3. The van der Waals surface area contributed by atoms with Gasteiger partial charge in [0.2, 0.25) is 11.4 Å². The van der Waals surface area contributed by atoms with Crippen molar-refractivity contribution in [2.75, 3.05) is 0 Å². The van der Waals surface area contributed by atoms with E-state index in [2.05, 4.69) is 102 Å². The van der Waals surface area contributed by atoms with Gasteiger partial charge in [0.05, 0.1) is 5.57 Å². The molecule has 2 aromatic rings. The number of unbranched alkanes of at least 4 members (excludes halogenated alkanes) is 11. The van der Waals surface area contributed by atoms with Gasteiger partial charge in [-0.3, -0.25) is 0 Å². The molecule has 0 aromatic heterocycles. The van der Waals surface area contributed by atoms with Crippen molar-refractivity contribution in [3.63, 3.8) is 0 Å². The Morgan fingerprint density at radius 2 is 1.07 bits per heavy atom. The van der Waals surface area contributed by atoms with Crippen LogP contribution in [0.2, 0.25) is 10.8 Å². The van der Waals surface area contributed by atoms with Crippen LogP contribution in [-0.4, -0.2) is 4.70 Å². The van der Waals surface area contributed by atoms with Gasteiger partial charge in [0, 0.05) is 16.7 Å². The predicted octanol–water partition coefficient (Wildman–Crippen LogP) is 14.4. The molecular weight excluding hydrogens is 603 g/mol. The van der Waals surface area contributed by atoms with Crippen molar-refractivity contribution in [1.29, 1.82) is 0 Å². The second-order valence-corrected chi connectivity index (χ2v) is 14.4. The summed E-state index contributed by atoms with van der Waals surface area (Å²) in [7, 11) is 0. The number of benzene rings is 2. The van der Waals surface area contributed by atoms with Crippen LogP contribution < -0.4 is 0 Å². The first-order valence-electron chi connectivity index (χ1n) is 18.8. The Bertz CT molecular complexity index is 1200. The number of rotatable bonds is 22. The molecule has 0 amide bonds. The van der Waals surface area contributed by atoms with Gasteiger partial charge in [-0.2, -0.15) is 0 Å². The molecule has 0 radical (unpaired) electrons. The molecule has 0 fully saturated rings. The van der Waals surface area contributed by atoms with E-state index in [0.717, 1.165) is 54.6 Å². The van der Waals surface area contributed by atoms with Crippen LogP contribution in [0.4, 0.5) is 0 Å². The van der Waals surface area contributed by atoms with Gasteiger partial charge in [-0.15, -0.1) is 0 Å². The van der Waals surface area contributed by atoms with E-state index in [1.54, 1.807) is 0 Å². The number of hydrogen-bond donors (Lipinski definition) is 0. The summed E-state index contributed by atoms with van der Waals surface area (Å²) >= 11 is 1.82. The maximum absolute atomic E-state index is 11.9. The molecule has 3 rings (SSSR count). The van der Waals surface area contributed by atoms with Crippen LogP contribution in [-0.2, 0) is 27.3 Å². The zero-order valence-electron chi connectivity index (χ0n) is 30.4. The molecule has 3 heteroatoms. The molecule has 258 valence electrons. The van der Waals surface area contributed by atoms with Gasteiger partial charge in [0.1, 0.15) is 0 Å². The van der Waals surface area contributed by atoms with E-state index in [-0.39, 0.29) is 0 Å². The second kappa shape index (κ2) is 24.9. The van der Waals surface area contributed by atoms with Crippen LogP contribution in [0.25, 0.3) is 16.9 Å². The predicted molar refractivity (Wildman–Crippen MR) is 200 cm³/mol. The first-order chi connectivity index (χ1) is 22.6. The van der Waals surface area contributed by atoms with Gasteiger partial charge in [-0.25, -0.2) is 4.70 Å². The van der Waals surface area contributed by atoms with Gasteiger partial charge >= 0.3 is 39.1 Å². The third-order valence-electron chi connectivity index (χ3n) is 8.83. The zero-order valence-corrected chi connectivity index (χ0v) is 31.4. The second-order valence-electron chi connectivity index (χ2n) is 12.5. The van der Waals surface area contributed by atoms with Crippen molar-refractivity contribution >= 4 is 11.4 Å². The zero-order chi connectivity index (χ0) is 33.4. The Balaban J connectivity index is 0.00000136. The molecule has 1 heterocycles. The minimum absolute atomic E-state index is 0.930. The summed E-state index contributed by atoms with van der Waals surface area (Å²) < 4.78 is 1.51. The van der Waals surface area contributed by atoms with Gasteiger partial charge in [0.25, 0.3) is 0 Å². The van der Waals surface area contributed by atoms with Crippen LogP contribution in [0.5, 0.6) is 0 Å². The molecule has 0 saturated carbocycles. The molecule has 0 unspecified atom stereocenters. The van der Waals surface area contributed by atoms with Gasteiger partial charge in [-0.05, 0) is 80.3 Å². The fourth-order valence-corrected chi connectivity index (χ4v) is 6.56. The van der Waals surface area contributed by atoms with Crippen LogP contribution in [0.1, 0.15) is 160 Å². The average molecular weight is 670 g/mol. The molecule has 0 atom stereocenters. The van der Waals surface area contributed by atoms with Crippen molar-refractivity contribution < 1.29 is 19.1 Å². The molecule has 46 heavy (non-hydrogen) atoms. The van der Waals surface area contributed by atoms with Gasteiger partial charge in [-0.1, -0.05) is 128 Å². The van der Waals surface area contributed by atoms with E-state index in [0.29, 0.717) is 0 Å². The molecule has 0 saturated heterocycles. The van der Waals surface area contributed by atoms with E-state index in [9.17, 15) is 5.53 Å². The number of aryl methyl sites for hydroxylation is 2. The Morgan fingerprint density at radius 1 is 0.565 bits per heavy atom. The Labute approximate surface area is 290 Å². The van der Waals surface area contributed by atoms with E-state index in [1.807, 2.05) is 14.4 Å². The standard InChI is InChI=1S/C39H56N2.2C2H5.Ni/c1-5-9-12-15-16-17-20-23-37-36(22-19-14-11-7-3)39(35-30-26-33(27-31-35)21-18-13-10-6-2)41(40)38(37)34-28-24-32(8-4)25-29-34;2*1-2;/h20,23-31H,5-19,21-22H2,1-4H3;2*1H2,2H3;. The molecule has 0 spiro atoms.